The molecule has 0 aromatic heterocycles. The number of hydrogen-bond acceptors (Lipinski definition) is 0. The Morgan fingerprint density at radius 3 is 2.53 bits per heavy atom. The average molecular weight is 264 g/mol. The van der Waals surface area contributed by atoms with Crippen LogP contribution in [0.1, 0.15) is 24.8 Å². The topological polar surface area (TPSA) is 0 Å². The third kappa shape index (κ3) is 3.55. The predicted octanol–water partition coefficient (Wildman–Crippen LogP) is 4.94. The maximum atomic E-state index is 6.27. The Morgan fingerprint density at radius 2 is 1.93 bits per heavy atom. The van der Waals surface area contributed by atoms with Crippen LogP contribution >= 0.6 is 34.8 Å². The van der Waals surface area contributed by atoms with Crippen molar-refractivity contribution in [2.24, 2.45) is 5.92 Å². The van der Waals surface area contributed by atoms with Crippen molar-refractivity contribution in [3.8, 4) is 0 Å². The summed E-state index contributed by atoms with van der Waals surface area (Å²) in [5, 5.41) is 1.45. The highest BCUT2D eigenvalue weighted by Gasteiger charge is 2.24. The zero-order chi connectivity index (χ0) is 10.8. The van der Waals surface area contributed by atoms with Gasteiger partial charge in [0.15, 0.2) is 0 Å². The lowest BCUT2D eigenvalue weighted by Gasteiger charge is -2.09. The van der Waals surface area contributed by atoms with Crippen LogP contribution in [-0.4, -0.2) is 5.38 Å². The monoisotopic (exact) mass is 262 g/mol. The second kappa shape index (κ2) is 4.95. The highest BCUT2D eigenvalue weighted by molar-refractivity contribution is 6.42. The van der Waals surface area contributed by atoms with Gasteiger partial charge in [-0.1, -0.05) is 42.1 Å². The van der Waals surface area contributed by atoms with Crippen LogP contribution in [0.5, 0.6) is 0 Å². The van der Waals surface area contributed by atoms with Gasteiger partial charge in [0.05, 0.1) is 10.0 Å². The molecule has 0 bridgehead atoms. The van der Waals surface area contributed by atoms with Gasteiger partial charge in [-0.25, -0.2) is 0 Å². The minimum atomic E-state index is 0.231. The van der Waals surface area contributed by atoms with Crippen LogP contribution in [0.15, 0.2) is 18.2 Å². The zero-order valence-corrected chi connectivity index (χ0v) is 10.6. The normalized spacial score (nSPS) is 17.8. The minimum Gasteiger partial charge on any atom is -0.123 e. The maximum absolute atomic E-state index is 6.27. The largest absolute Gasteiger partial charge is 0.123 e. The fourth-order valence-electron chi connectivity index (χ4n) is 1.72. The summed E-state index contributed by atoms with van der Waals surface area (Å²) < 4.78 is 0. The summed E-state index contributed by atoms with van der Waals surface area (Å²) in [5.41, 5.74) is 1.17. The van der Waals surface area contributed by atoms with Crippen LogP contribution in [0.4, 0.5) is 0 Å². The van der Waals surface area contributed by atoms with Crippen molar-refractivity contribution in [1.82, 2.24) is 0 Å². The molecule has 0 N–H and O–H groups in total. The van der Waals surface area contributed by atoms with Gasteiger partial charge in [-0.15, -0.1) is 11.6 Å². The fourth-order valence-corrected chi connectivity index (χ4v) is 2.47. The Labute approximate surface area is 106 Å². The molecule has 1 aromatic carbocycles. The predicted molar refractivity (Wildman–Crippen MR) is 67.1 cm³/mol. The highest BCUT2D eigenvalue weighted by Crippen LogP contribution is 2.35. The van der Waals surface area contributed by atoms with E-state index in [0.29, 0.717) is 10.0 Å². The van der Waals surface area contributed by atoms with E-state index >= 15 is 0 Å². The molecular formula is C12H13Cl3. The third-order valence-corrected chi connectivity index (χ3v) is 3.80. The molecule has 0 heterocycles. The molecule has 1 aliphatic rings. The van der Waals surface area contributed by atoms with Crippen LogP contribution in [0.2, 0.25) is 10.0 Å². The number of benzene rings is 1. The first-order valence-corrected chi connectivity index (χ1v) is 6.42. The van der Waals surface area contributed by atoms with Gasteiger partial charge in [-0.2, -0.15) is 0 Å². The molecule has 1 aromatic rings. The summed E-state index contributed by atoms with van der Waals surface area (Å²) in [6, 6.07) is 5.74. The van der Waals surface area contributed by atoms with E-state index < -0.39 is 0 Å². The second-order valence-corrected chi connectivity index (χ2v) is 5.66. The van der Waals surface area contributed by atoms with Crippen LogP contribution in [0, 0.1) is 5.92 Å². The summed E-state index contributed by atoms with van der Waals surface area (Å²) in [4.78, 5) is 0. The molecule has 1 fully saturated rings. The lowest BCUT2D eigenvalue weighted by Crippen LogP contribution is -2.04. The third-order valence-electron chi connectivity index (χ3n) is 2.73. The van der Waals surface area contributed by atoms with Crippen molar-refractivity contribution in [2.45, 2.75) is 31.1 Å². The molecule has 0 nitrogen and oxygen atoms in total. The number of rotatable bonds is 4. The number of hydrogen-bond donors (Lipinski definition) is 0. The first-order chi connectivity index (χ1) is 7.15. The van der Waals surface area contributed by atoms with Gasteiger partial charge < -0.3 is 0 Å². The van der Waals surface area contributed by atoms with Gasteiger partial charge in [0, 0.05) is 5.38 Å². The number of halogens is 3. The molecule has 0 spiro atoms. The molecule has 0 radical (unpaired) electrons. The van der Waals surface area contributed by atoms with E-state index in [9.17, 15) is 0 Å². The molecule has 15 heavy (non-hydrogen) atoms. The van der Waals surface area contributed by atoms with Gasteiger partial charge in [0.1, 0.15) is 0 Å². The van der Waals surface area contributed by atoms with E-state index in [-0.39, 0.29) is 5.38 Å². The van der Waals surface area contributed by atoms with Gasteiger partial charge in [0.25, 0.3) is 0 Å². The Kier molecular flexibility index (Phi) is 3.82. The van der Waals surface area contributed by atoms with E-state index in [4.69, 9.17) is 34.8 Å². The molecule has 1 atom stereocenters. The van der Waals surface area contributed by atoms with Crippen molar-refractivity contribution in [3.05, 3.63) is 33.8 Å². The van der Waals surface area contributed by atoms with Crippen molar-refractivity contribution in [3.63, 3.8) is 0 Å². The molecule has 0 aliphatic heterocycles. The lowest BCUT2D eigenvalue weighted by atomic mass is 10.1. The molecule has 3 heteroatoms. The molecule has 0 amide bonds. The van der Waals surface area contributed by atoms with Gasteiger partial charge in [0.2, 0.25) is 0 Å². The molecule has 1 aliphatic carbocycles. The first-order valence-electron chi connectivity index (χ1n) is 5.23. The molecule has 0 saturated heterocycles. The quantitative estimate of drug-likeness (QED) is 0.675. The van der Waals surface area contributed by atoms with Crippen molar-refractivity contribution < 1.29 is 0 Å². The molecular weight excluding hydrogens is 250 g/mol. The summed E-state index contributed by atoms with van der Waals surface area (Å²) in [7, 11) is 0. The molecule has 2 rings (SSSR count). The smallest absolute Gasteiger partial charge is 0.0595 e. The van der Waals surface area contributed by atoms with E-state index in [1.807, 2.05) is 18.2 Å². The summed E-state index contributed by atoms with van der Waals surface area (Å²) in [5.74, 6) is 0.871. The average Bonchev–Trinajstić information content (AvgIpc) is 2.95. The Bertz CT molecular complexity index is 345. The van der Waals surface area contributed by atoms with Crippen LogP contribution in [0.3, 0.4) is 0 Å². The van der Waals surface area contributed by atoms with Crippen LogP contribution in [0.25, 0.3) is 0 Å². The zero-order valence-electron chi connectivity index (χ0n) is 8.35. The highest BCUT2D eigenvalue weighted by atomic mass is 35.5. The van der Waals surface area contributed by atoms with E-state index in [1.54, 1.807) is 0 Å². The van der Waals surface area contributed by atoms with Gasteiger partial charge in [-0.3, -0.25) is 0 Å². The maximum Gasteiger partial charge on any atom is 0.0595 e. The summed E-state index contributed by atoms with van der Waals surface area (Å²) in [6.45, 7) is 0. The first kappa shape index (κ1) is 11.6. The van der Waals surface area contributed by atoms with Crippen molar-refractivity contribution in [2.75, 3.05) is 0 Å². The van der Waals surface area contributed by atoms with Crippen molar-refractivity contribution in [1.29, 1.82) is 0 Å². The van der Waals surface area contributed by atoms with Gasteiger partial charge >= 0.3 is 0 Å². The van der Waals surface area contributed by atoms with Crippen LogP contribution < -0.4 is 0 Å². The Morgan fingerprint density at radius 1 is 1.20 bits per heavy atom. The molecule has 1 saturated carbocycles. The molecule has 82 valence electrons. The van der Waals surface area contributed by atoms with Crippen molar-refractivity contribution >= 4 is 34.8 Å². The number of alkyl halides is 1. The van der Waals surface area contributed by atoms with Gasteiger partial charge in [-0.05, 0) is 36.5 Å². The lowest BCUT2D eigenvalue weighted by molar-refractivity contribution is 0.675. The summed E-state index contributed by atoms with van der Waals surface area (Å²) >= 11 is 18.1. The minimum absolute atomic E-state index is 0.231. The van der Waals surface area contributed by atoms with E-state index in [1.165, 1.54) is 18.4 Å². The fraction of sp³-hybridized carbons (Fsp3) is 0.500. The SMILES string of the molecule is Clc1ccc(CC(Cl)CC2CC2)cc1Cl. The Balaban J connectivity index is 1.93. The Hall–Kier alpha value is 0.0900. The summed E-state index contributed by atoms with van der Waals surface area (Å²) in [6.07, 6.45) is 4.71. The second-order valence-electron chi connectivity index (χ2n) is 4.23. The standard InChI is InChI=1S/C12H13Cl3/c13-10(5-8-1-2-8)6-9-3-4-11(14)12(15)7-9/h3-4,7-8,10H,1-2,5-6H2. The van der Waals surface area contributed by atoms with E-state index in [0.717, 1.165) is 18.8 Å². The van der Waals surface area contributed by atoms with E-state index in [2.05, 4.69) is 0 Å². The molecule has 1 unspecified atom stereocenters. The van der Waals surface area contributed by atoms with Crippen LogP contribution in [-0.2, 0) is 6.42 Å².